The highest BCUT2D eigenvalue weighted by Gasteiger charge is 2.16. The Morgan fingerprint density at radius 1 is 1.00 bits per heavy atom. The molecule has 0 bridgehead atoms. The summed E-state index contributed by atoms with van der Waals surface area (Å²) in [6.45, 7) is 2.29. The molecule has 0 spiro atoms. The van der Waals surface area contributed by atoms with Gasteiger partial charge in [0.2, 0.25) is 10.0 Å². The van der Waals surface area contributed by atoms with E-state index in [0.29, 0.717) is 0 Å². The first-order valence-electron chi connectivity index (χ1n) is 8.90. The van der Waals surface area contributed by atoms with Gasteiger partial charge in [-0.1, -0.05) is 55.8 Å². The van der Waals surface area contributed by atoms with Crippen molar-refractivity contribution in [2.45, 2.75) is 37.3 Å². The van der Waals surface area contributed by atoms with Crippen LogP contribution in [0.25, 0.3) is 0 Å². The Morgan fingerprint density at radius 2 is 1.70 bits per heavy atom. The van der Waals surface area contributed by atoms with Crippen molar-refractivity contribution in [3.63, 3.8) is 0 Å². The van der Waals surface area contributed by atoms with Crippen LogP contribution in [0.1, 0.15) is 40.3 Å². The topological polar surface area (TPSA) is 66.4 Å². The van der Waals surface area contributed by atoms with Crippen molar-refractivity contribution in [2.24, 2.45) is 0 Å². The van der Waals surface area contributed by atoms with Gasteiger partial charge in [0.15, 0.2) is 0 Å². The van der Waals surface area contributed by atoms with Crippen molar-refractivity contribution in [2.75, 3.05) is 0 Å². The number of thiophene rings is 1. The monoisotopic (exact) mass is 401 g/mol. The first kappa shape index (κ1) is 19.8. The van der Waals surface area contributed by atoms with Gasteiger partial charge in [0.05, 0.1) is 4.90 Å². The lowest BCUT2D eigenvalue weighted by atomic mass is 10.1. The molecule has 0 amide bonds. The molecule has 1 atom stereocenters. The minimum absolute atomic E-state index is 0.200. The van der Waals surface area contributed by atoms with Crippen LogP contribution >= 0.6 is 11.3 Å². The molecule has 0 fully saturated rings. The minimum atomic E-state index is -3.56. The first-order chi connectivity index (χ1) is 13.0. The van der Waals surface area contributed by atoms with Crippen molar-refractivity contribution in [3.05, 3.63) is 87.6 Å². The van der Waals surface area contributed by atoms with E-state index in [1.165, 1.54) is 11.3 Å². The number of aryl methyl sites for hydroxylation is 1. The van der Waals surface area contributed by atoms with Crippen LogP contribution in [0.2, 0.25) is 0 Å². The predicted octanol–water partition coefficient (Wildman–Crippen LogP) is 4.26. The van der Waals surface area contributed by atoms with Crippen LogP contribution in [0.5, 0.6) is 0 Å². The van der Waals surface area contributed by atoms with Crippen LogP contribution in [-0.2, 0) is 23.0 Å². The maximum absolute atomic E-state index is 12.5. The standard InChI is InChI=1S/C21H23NO3S2/c1-2-6-16-9-12-19(13-10-16)27(24,25)22-15-18-11-14-20(26-18)21(23)17-7-4-3-5-8-17/h3-5,7-14,21-23H,2,6,15H2,1H3. The molecule has 0 aliphatic heterocycles. The number of benzene rings is 2. The fraction of sp³-hybridized carbons (Fsp3) is 0.238. The molecule has 2 N–H and O–H groups in total. The number of sulfonamides is 1. The third kappa shape index (κ3) is 5.05. The van der Waals surface area contributed by atoms with Crippen LogP contribution in [-0.4, -0.2) is 13.5 Å². The van der Waals surface area contributed by atoms with Crippen molar-refractivity contribution in [3.8, 4) is 0 Å². The Balaban J connectivity index is 1.65. The van der Waals surface area contributed by atoms with Crippen molar-refractivity contribution in [1.82, 2.24) is 4.72 Å². The molecule has 0 radical (unpaired) electrons. The lowest BCUT2D eigenvalue weighted by Crippen LogP contribution is -2.22. The van der Waals surface area contributed by atoms with Gasteiger partial charge in [0.1, 0.15) is 6.10 Å². The Bertz CT molecular complexity index is 964. The summed E-state index contributed by atoms with van der Waals surface area (Å²) in [4.78, 5) is 1.91. The largest absolute Gasteiger partial charge is 0.383 e. The average Bonchev–Trinajstić information content (AvgIpc) is 3.16. The molecule has 0 saturated heterocycles. The first-order valence-corrected chi connectivity index (χ1v) is 11.2. The second-order valence-corrected chi connectivity index (χ2v) is 9.30. The van der Waals surface area contributed by atoms with Gasteiger partial charge in [-0.3, -0.25) is 0 Å². The summed E-state index contributed by atoms with van der Waals surface area (Å²) in [5.74, 6) is 0. The number of rotatable bonds is 8. The Morgan fingerprint density at radius 3 is 2.37 bits per heavy atom. The molecule has 27 heavy (non-hydrogen) atoms. The van der Waals surface area contributed by atoms with Crippen LogP contribution in [0, 0.1) is 0 Å². The Kier molecular flexibility index (Phi) is 6.44. The molecule has 3 rings (SSSR count). The lowest BCUT2D eigenvalue weighted by molar-refractivity contribution is 0.224. The smallest absolute Gasteiger partial charge is 0.240 e. The molecule has 0 aliphatic carbocycles. The highest BCUT2D eigenvalue weighted by molar-refractivity contribution is 7.89. The number of aliphatic hydroxyl groups excluding tert-OH is 1. The minimum Gasteiger partial charge on any atom is -0.383 e. The molecular weight excluding hydrogens is 378 g/mol. The molecular formula is C21H23NO3S2. The molecule has 6 heteroatoms. The molecule has 1 heterocycles. The van der Waals surface area contributed by atoms with Crippen LogP contribution in [0.15, 0.2) is 71.6 Å². The van der Waals surface area contributed by atoms with Gasteiger partial charge in [-0.25, -0.2) is 13.1 Å². The van der Waals surface area contributed by atoms with Gasteiger partial charge in [0, 0.05) is 16.3 Å². The zero-order valence-corrected chi connectivity index (χ0v) is 16.8. The lowest BCUT2D eigenvalue weighted by Gasteiger charge is -2.08. The van der Waals surface area contributed by atoms with Crippen molar-refractivity contribution < 1.29 is 13.5 Å². The fourth-order valence-corrected chi connectivity index (χ4v) is 4.87. The van der Waals surface area contributed by atoms with E-state index < -0.39 is 16.1 Å². The molecule has 142 valence electrons. The third-order valence-corrected chi connectivity index (χ3v) is 6.83. The molecule has 1 aromatic heterocycles. The number of hydrogen-bond donors (Lipinski definition) is 2. The second kappa shape index (κ2) is 8.80. The number of hydrogen-bond acceptors (Lipinski definition) is 4. The van der Waals surface area contributed by atoms with E-state index >= 15 is 0 Å². The van der Waals surface area contributed by atoms with Gasteiger partial charge >= 0.3 is 0 Å². The zero-order chi connectivity index (χ0) is 19.3. The molecule has 0 aliphatic rings. The number of nitrogens with one attached hydrogen (secondary N) is 1. The van der Waals surface area contributed by atoms with Crippen molar-refractivity contribution in [1.29, 1.82) is 0 Å². The summed E-state index contributed by atoms with van der Waals surface area (Å²) in [6, 6.07) is 20.1. The summed E-state index contributed by atoms with van der Waals surface area (Å²) in [7, 11) is -3.56. The van der Waals surface area contributed by atoms with E-state index in [0.717, 1.165) is 33.7 Å². The van der Waals surface area contributed by atoms with E-state index in [-0.39, 0.29) is 11.4 Å². The third-order valence-electron chi connectivity index (χ3n) is 4.28. The predicted molar refractivity (Wildman–Crippen MR) is 109 cm³/mol. The maximum atomic E-state index is 12.5. The van der Waals surface area contributed by atoms with Crippen LogP contribution in [0.4, 0.5) is 0 Å². The highest BCUT2D eigenvalue weighted by Crippen LogP contribution is 2.28. The van der Waals surface area contributed by atoms with E-state index in [9.17, 15) is 13.5 Å². The van der Waals surface area contributed by atoms with E-state index in [4.69, 9.17) is 0 Å². The normalized spacial score (nSPS) is 12.8. The summed E-state index contributed by atoms with van der Waals surface area (Å²) < 4.78 is 27.6. The SMILES string of the molecule is CCCc1ccc(S(=O)(=O)NCc2ccc(C(O)c3ccccc3)s2)cc1. The summed E-state index contributed by atoms with van der Waals surface area (Å²) in [5.41, 5.74) is 1.95. The molecule has 1 unspecified atom stereocenters. The molecule has 3 aromatic rings. The van der Waals surface area contributed by atoms with Gasteiger partial charge in [-0.05, 0) is 41.8 Å². The molecule has 2 aromatic carbocycles. The van der Waals surface area contributed by atoms with E-state index in [1.54, 1.807) is 12.1 Å². The Hall–Kier alpha value is -1.99. The van der Waals surface area contributed by atoms with Crippen LogP contribution < -0.4 is 4.72 Å². The highest BCUT2D eigenvalue weighted by atomic mass is 32.2. The molecule has 0 saturated carbocycles. The van der Waals surface area contributed by atoms with E-state index in [1.807, 2.05) is 54.6 Å². The van der Waals surface area contributed by atoms with Gasteiger partial charge < -0.3 is 5.11 Å². The second-order valence-electron chi connectivity index (χ2n) is 6.34. The quantitative estimate of drug-likeness (QED) is 0.593. The van der Waals surface area contributed by atoms with Crippen molar-refractivity contribution >= 4 is 21.4 Å². The van der Waals surface area contributed by atoms with E-state index in [2.05, 4.69) is 11.6 Å². The summed E-state index contributed by atoms with van der Waals surface area (Å²) in [6.07, 6.45) is 1.27. The van der Waals surface area contributed by atoms with Crippen LogP contribution in [0.3, 0.4) is 0 Å². The summed E-state index contributed by atoms with van der Waals surface area (Å²) in [5, 5.41) is 10.5. The average molecular weight is 402 g/mol. The van der Waals surface area contributed by atoms with Gasteiger partial charge in [-0.2, -0.15) is 0 Å². The number of aliphatic hydroxyl groups is 1. The van der Waals surface area contributed by atoms with Gasteiger partial charge in [0.25, 0.3) is 0 Å². The zero-order valence-electron chi connectivity index (χ0n) is 15.1. The Labute approximate surface area is 164 Å². The summed E-state index contributed by atoms with van der Waals surface area (Å²) >= 11 is 1.40. The molecule has 4 nitrogen and oxygen atoms in total. The van der Waals surface area contributed by atoms with Gasteiger partial charge in [-0.15, -0.1) is 11.3 Å². The fourth-order valence-electron chi connectivity index (χ4n) is 2.81. The maximum Gasteiger partial charge on any atom is 0.240 e.